The molecule has 3 rings (SSSR count). The minimum atomic E-state index is -0.773. The molecule has 3 aromatic rings. The summed E-state index contributed by atoms with van der Waals surface area (Å²) in [5.41, 5.74) is 1.08. The summed E-state index contributed by atoms with van der Waals surface area (Å²) in [6, 6.07) is 17.6. The smallest absolute Gasteiger partial charge is 0.338 e. The van der Waals surface area contributed by atoms with Crippen LogP contribution in [0.5, 0.6) is 11.5 Å². The zero-order chi connectivity index (χ0) is 21.7. The van der Waals surface area contributed by atoms with Crippen molar-refractivity contribution >= 4 is 23.3 Å². The van der Waals surface area contributed by atoms with Crippen LogP contribution in [0.2, 0.25) is 0 Å². The van der Waals surface area contributed by atoms with Crippen LogP contribution in [0, 0.1) is 17.0 Å². The number of anilines is 1. The van der Waals surface area contributed by atoms with E-state index in [0.29, 0.717) is 17.2 Å². The summed E-state index contributed by atoms with van der Waals surface area (Å²) in [5, 5.41) is 13.7. The third-order valence-electron chi connectivity index (χ3n) is 4.18. The third-order valence-corrected chi connectivity index (χ3v) is 4.18. The summed E-state index contributed by atoms with van der Waals surface area (Å²) in [6.45, 7) is 1.98. The Balaban J connectivity index is 1.75. The number of rotatable bonds is 6. The minimum absolute atomic E-state index is 0.0374. The van der Waals surface area contributed by atoms with Gasteiger partial charge < -0.3 is 14.8 Å². The van der Waals surface area contributed by atoms with Gasteiger partial charge in [0.15, 0.2) is 0 Å². The number of methoxy groups -OCH3 is 1. The molecule has 8 nitrogen and oxygen atoms in total. The van der Waals surface area contributed by atoms with Crippen molar-refractivity contribution < 1.29 is 24.0 Å². The highest BCUT2D eigenvalue weighted by Gasteiger charge is 2.18. The maximum atomic E-state index is 12.5. The number of amides is 1. The monoisotopic (exact) mass is 406 g/mol. The van der Waals surface area contributed by atoms with Gasteiger partial charge in [-0.05, 0) is 49.4 Å². The van der Waals surface area contributed by atoms with Gasteiger partial charge in [0.05, 0.1) is 17.6 Å². The van der Waals surface area contributed by atoms with Gasteiger partial charge in [0, 0.05) is 23.4 Å². The molecule has 8 heteroatoms. The molecule has 0 unspecified atom stereocenters. The van der Waals surface area contributed by atoms with E-state index in [4.69, 9.17) is 4.74 Å². The lowest BCUT2D eigenvalue weighted by Gasteiger charge is -2.09. The van der Waals surface area contributed by atoms with Crippen LogP contribution in [-0.2, 0) is 4.74 Å². The lowest BCUT2D eigenvalue weighted by Crippen LogP contribution is -2.14. The van der Waals surface area contributed by atoms with E-state index < -0.39 is 16.8 Å². The Morgan fingerprint density at radius 1 is 0.900 bits per heavy atom. The van der Waals surface area contributed by atoms with Gasteiger partial charge in [-0.2, -0.15) is 0 Å². The number of hydrogen-bond acceptors (Lipinski definition) is 6. The van der Waals surface area contributed by atoms with Gasteiger partial charge in [0.2, 0.25) is 0 Å². The van der Waals surface area contributed by atoms with E-state index in [-0.39, 0.29) is 16.8 Å². The fourth-order valence-electron chi connectivity index (χ4n) is 2.64. The van der Waals surface area contributed by atoms with Crippen LogP contribution in [-0.4, -0.2) is 23.9 Å². The highest BCUT2D eigenvalue weighted by molar-refractivity contribution is 6.06. The van der Waals surface area contributed by atoms with Crippen molar-refractivity contribution in [2.24, 2.45) is 0 Å². The number of nitro groups is 1. The topological polar surface area (TPSA) is 108 Å². The lowest BCUT2D eigenvalue weighted by molar-refractivity contribution is -0.384. The van der Waals surface area contributed by atoms with Crippen molar-refractivity contribution in [3.8, 4) is 11.5 Å². The van der Waals surface area contributed by atoms with Crippen molar-refractivity contribution in [2.45, 2.75) is 6.92 Å². The quantitative estimate of drug-likeness (QED) is 0.360. The summed E-state index contributed by atoms with van der Waals surface area (Å²) < 4.78 is 10.3. The fraction of sp³-hybridized carbons (Fsp3) is 0.0909. The molecule has 0 saturated carbocycles. The molecule has 0 aromatic heterocycles. The molecule has 1 N–H and O–H groups in total. The lowest BCUT2D eigenvalue weighted by atomic mass is 10.1. The van der Waals surface area contributed by atoms with Crippen LogP contribution in [0.4, 0.5) is 11.4 Å². The third kappa shape index (κ3) is 4.99. The average Bonchev–Trinajstić information content (AvgIpc) is 2.75. The Kier molecular flexibility index (Phi) is 6.07. The summed E-state index contributed by atoms with van der Waals surface area (Å²) in [4.78, 5) is 34.7. The van der Waals surface area contributed by atoms with Crippen LogP contribution in [0.15, 0.2) is 66.7 Å². The van der Waals surface area contributed by atoms with Gasteiger partial charge in [-0.1, -0.05) is 17.7 Å². The number of carbonyl (C=O) groups excluding carboxylic acids is 2. The predicted molar refractivity (Wildman–Crippen MR) is 110 cm³/mol. The molecule has 0 bridgehead atoms. The minimum Gasteiger partial charge on any atom is -0.465 e. The highest BCUT2D eigenvalue weighted by Crippen LogP contribution is 2.24. The number of non-ortho nitro benzene ring substituents is 1. The largest absolute Gasteiger partial charge is 0.465 e. The number of carbonyl (C=O) groups is 2. The number of aryl methyl sites for hydroxylation is 1. The molecule has 0 heterocycles. The number of nitrogens with zero attached hydrogens (tertiary/aromatic N) is 1. The zero-order valence-electron chi connectivity index (χ0n) is 16.2. The zero-order valence-corrected chi connectivity index (χ0v) is 16.2. The molecule has 0 radical (unpaired) electrons. The SMILES string of the molecule is COC(=O)c1cc(C(=O)Nc2ccc(Oc3ccc(C)cc3)cc2)cc([N+](=O)[O-])c1. The number of ether oxygens (including phenoxy) is 2. The molecular formula is C22H18N2O6. The van der Waals surface area contributed by atoms with Crippen LogP contribution in [0.3, 0.4) is 0 Å². The molecule has 0 aliphatic carbocycles. The van der Waals surface area contributed by atoms with E-state index in [1.807, 2.05) is 31.2 Å². The van der Waals surface area contributed by atoms with Gasteiger partial charge in [-0.25, -0.2) is 4.79 Å². The molecule has 0 saturated heterocycles. The number of hydrogen-bond donors (Lipinski definition) is 1. The number of nitrogens with one attached hydrogen (secondary N) is 1. The van der Waals surface area contributed by atoms with E-state index in [1.54, 1.807) is 24.3 Å². The highest BCUT2D eigenvalue weighted by atomic mass is 16.6. The van der Waals surface area contributed by atoms with Gasteiger partial charge in [-0.3, -0.25) is 14.9 Å². The molecular weight excluding hydrogens is 388 g/mol. The van der Waals surface area contributed by atoms with Crippen LogP contribution >= 0.6 is 0 Å². The van der Waals surface area contributed by atoms with Gasteiger partial charge >= 0.3 is 5.97 Å². The summed E-state index contributed by atoms with van der Waals surface area (Å²) in [6.07, 6.45) is 0. The molecule has 0 fully saturated rings. The van der Waals surface area contributed by atoms with E-state index in [1.165, 1.54) is 6.07 Å². The maximum absolute atomic E-state index is 12.5. The Hall–Kier alpha value is -4.20. The first-order valence-electron chi connectivity index (χ1n) is 8.89. The molecule has 3 aromatic carbocycles. The molecule has 152 valence electrons. The standard InChI is InChI=1S/C22H18N2O6/c1-14-3-7-19(8-4-14)30-20-9-5-17(6-10-20)23-21(25)15-11-16(22(26)29-2)13-18(12-15)24(27)28/h3-13H,1-2H3,(H,23,25). The van der Waals surface area contributed by atoms with E-state index in [9.17, 15) is 19.7 Å². The molecule has 0 aliphatic heterocycles. The normalized spacial score (nSPS) is 10.2. The average molecular weight is 406 g/mol. The molecule has 30 heavy (non-hydrogen) atoms. The molecule has 0 aliphatic rings. The van der Waals surface area contributed by atoms with Gasteiger partial charge in [-0.15, -0.1) is 0 Å². The second kappa shape index (κ2) is 8.87. The fourth-order valence-corrected chi connectivity index (χ4v) is 2.64. The second-order valence-corrected chi connectivity index (χ2v) is 6.41. The predicted octanol–water partition coefficient (Wildman–Crippen LogP) is 4.73. The second-order valence-electron chi connectivity index (χ2n) is 6.41. The van der Waals surface area contributed by atoms with Crippen molar-refractivity contribution in [1.29, 1.82) is 0 Å². The first kappa shape index (κ1) is 20.5. The maximum Gasteiger partial charge on any atom is 0.338 e. The van der Waals surface area contributed by atoms with Crippen molar-refractivity contribution in [1.82, 2.24) is 0 Å². The number of esters is 1. The van der Waals surface area contributed by atoms with E-state index in [0.717, 1.165) is 24.8 Å². The van der Waals surface area contributed by atoms with Crippen molar-refractivity contribution in [3.05, 3.63) is 93.5 Å². The van der Waals surface area contributed by atoms with E-state index in [2.05, 4.69) is 10.1 Å². The Morgan fingerprint density at radius 3 is 2.03 bits per heavy atom. The number of nitro benzene ring substituents is 1. The van der Waals surface area contributed by atoms with Gasteiger partial charge in [0.1, 0.15) is 11.5 Å². The van der Waals surface area contributed by atoms with Crippen molar-refractivity contribution in [3.63, 3.8) is 0 Å². The number of benzene rings is 3. The Bertz CT molecular complexity index is 1090. The summed E-state index contributed by atoms with van der Waals surface area (Å²) in [7, 11) is 1.15. The summed E-state index contributed by atoms with van der Waals surface area (Å²) in [5.74, 6) is -0.106. The summed E-state index contributed by atoms with van der Waals surface area (Å²) >= 11 is 0. The molecule has 1 amide bonds. The first-order valence-corrected chi connectivity index (χ1v) is 8.89. The molecule has 0 spiro atoms. The van der Waals surface area contributed by atoms with Crippen LogP contribution in [0.1, 0.15) is 26.3 Å². The van der Waals surface area contributed by atoms with Gasteiger partial charge in [0.25, 0.3) is 11.6 Å². The van der Waals surface area contributed by atoms with Crippen LogP contribution < -0.4 is 10.1 Å². The van der Waals surface area contributed by atoms with E-state index >= 15 is 0 Å². The molecule has 0 atom stereocenters. The Morgan fingerprint density at radius 2 is 1.47 bits per heavy atom. The first-order chi connectivity index (χ1) is 14.4. The Labute approximate surface area is 172 Å². The van der Waals surface area contributed by atoms with Crippen molar-refractivity contribution in [2.75, 3.05) is 12.4 Å². The van der Waals surface area contributed by atoms with Crippen LogP contribution in [0.25, 0.3) is 0 Å².